The van der Waals surface area contributed by atoms with Crippen LogP contribution in [0.25, 0.3) is 11.3 Å². The molecule has 2 aromatic rings. The molecule has 0 atom stereocenters. The molecule has 1 heterocycles. The predicted octanol–water partition coefficient (Wildman–Crippen LogP) is 3.28. The molecule has 0 aliphatic carbocycles. The van der Waals surface area contributed by atoms with E-state index < -0.39 is 0 Å². The molecule has 0 spiro atoms. The van der Waals surface area contributed by atoms with Crippen LogP contribution in [-0.2, 0) is 4.74 Å². The molecular formula is C14H18N2OS. The predicted molar refractivity (Wildman–Crippen MR) is 77.3 cm³/mol. The van der Waals surface area contributed by atoms with E-state index in [2.05, 4.69) is 27.4 Å². The first kappa shape index (κ1) is 13.1. The Bertz CT molecular complexity index is 470. The Balaban J connectivity index is 2.02. The van der Waals surface area contributed by atoms with Crippen molar-refractivity contribution in [1.82, 2.24) is 4.98 Å². The Morgan fingerprint density at radius 3 is 2.78 bits per heavy atom. The lowest BCUT2D eigenvalue weighted by atomic mass is 10.2. The summed E-state index contributed by atoms with van der Waals surface area (Å²) in [6, 6.07) is 10.3. The van der Waals surface area contributed by atoms with E-state index in [1.54, 1.807) is 11.3 Å². The molecule has 0 radical (unpaired) electrons. The molecule has 0 aliphatic rings. The van der Waals surface area contributed by atoms with Crippen LogP contribution in [0.3, 0.4) is 0 Å². The Kier molecular flexibility index (Phi) is 4.73. The summed E-state index contributed by atoms with van der Waals surface area (Å²) >= 11 is 1.67. The number of ether oxygens (including phenoxy) is 1. The molecule has 0 aliphatic heterocycles. The Labute approximate surface area is 112 Å². The van der Waals surface area contributed by atoms with Crippen molar-refractivity contribution in [3.63, 3.8) is 0 Å². The van der Waals surface area contributed by atoms with Crippen LogP contribution in [-0.4, -0.2) is 31.8 Å². The third-order valence-electron chi connectivity index (χ3n) is 2.66. The highest BCUT2D eigenvalue weighted by atomic mass is 32.1. The van der Waals surface area contributed by atoms with E-state index in [0.717, 1.165) is 30.6 Å². The van der Waals surface area contributed by atoms with Gasteiger partial charge in [-0.15, -0.1) is 11.3 Å². The van der Waals surface area contributed by atoms with Crippen LogP contribution in [0, 0.1) is 0 Å². The van der Waals surface area contributed by atoms with Gasteiger partial charge in [-0.25, -0.2) is 4.98 Å². The van der Waals surface area contributed by atoms with Gasteiger partial charge in [-0.2, -0.15) is 0 Å². The van der Waals surface area contributed by atoms with Crippen LogP contribution in [0.5, 0.6) is 0 Å². The van der Waals surface area contributed by atoms with Crippen molar-refractivity contribution in [2.75, 3.05) is 31.7 Å². The summed E-state index contributed by atoms with van der Waals surface area (Å²) in [5.74, 6) is 0. The van der Waals surface area contributed by atoms with Crippen molar-refractivity contribution in [3.05, 3.63) is 35.7 Å². The first-order valence-corrected chi connectivity index (χ1v) is 6.99. The highest BCUT2D eigenvalue weighted by Gasteiger charge is 2.07. The molecule has 18 heavy (non-hydrogen) atoms. The fourth-order valence-electron chi connectivity index (χ4n) is 1.62. The number of rotatable bonds is 6. The minimum Gasteiger partial charge on any atom is -0.380 e. The van der Waals surface area contributed by atoms with Gasteiger partial charge in [0.15, 0.2) is 5.13 Å². The van der Waals surface area contributed by atoms with Crippen LogP contribution < -0.4 is 4.90 Å². The van der Waals surface area contributed by atoms with Gasteiger partial charge < -0.3 is 9.64 Å². The van der Waals surface area contributed by atoms with Gasteiger partial charge in [0.1, 0.15) is 0 Å². The van der Waals surface area contributed by atoms with Gasteiger partial charge in [-0.05, 0) is 6.92 Å². The van der Waals surface area contributed by atoms with E-state index in [0.29, 0.717) is 0 Å². The van der Waals surface area contributed by atoms with E-state index in [9.17, 15) is 0 Å². The minimum absolute atomic E-state index is 0.743. The van der Waals surface area contributed by atoms with Gasteiger partial charge in [0.25, 0.3) is 0 Å². The van der Waals surface area contributed by atoms with Crippen molar-refractivity contribution in [2.45, 2.75) is 6.92 Å². The smallest absolute Gasteiger partial charge is 0.185 e. The number of aromatic nitrogens is 1. The quantitative estimate of drug-likeness (QED) is 0.747. The maximum Gasteiger partial charge on any atom is 0.185 e. The minimum atomic E-state index is 0.743. The zero-order chi connectivity index (χ0) is 12.8. The molecule has 0 amide bonds. The molecule has 96 valence electrons. The average molecular weight is 262 g/mol. The number of anilines is 1. The summed E-state index contributed by atoms with van der Waals surface area (Å²) in [6.07, 6.45) is 0. The van der Waals surface area contributed by atoms with Gasteiger partial charge in [-0.3, -0.25) is 0 Å². The number of likely N-dealkylation sites (N-methyl/N-ethyl adjacent to an activating group) is 1. The molecule has 0 saturated heterocycles. The standard InChI is InChI=1S/C14H18N2OS/c1-3-17-10-9-16(2)14-15-13(11-18-14)12-7-5-4-6-8-12/h4-8,11H,3,9-10H2,1-2H3. The SMILES string of the molecule is CCOCCN(C)c1nc(-c2ccccc2)cs1. The molecule has 1 aromatic carbocycles. The summed E-state index contributed by atoms with van der Waals surface area (Å²) in [7, 11) is 2.05. The number of hydrogen-bond acceptors (Lipinski definition) is 4. The van der Waals surface area contributed by atoms with Crippen LogP contribution in [0.1, 0.15) is 6.92 Å². The molecule has 0 bridgehead atoms. The van der Waals surface area contributed by atoms with E-state index >= 15 is 0 Å². The molecule has 2 rings (SSSR count). The number of thiazole rings is 1. The zero-order valence-electron chi connectivity index (χ0n) is 10.8. The Morgan fingerprint density at radius 2 is 2.06 bits per heavy atom. The third kappa shape index (κ3) is 3.31. The maximum atomic E-state index is 5.35. The second-order valence-corrected chi connectivity index (χ2v) is 4.84. The first-order chi connectivity index (χ1) is 8.81. The zero-order valence-corrected chi connectivity index (χ0v) is 11.6. The van der Waals surface area contributed by atoms with E-state index in [-0.39, 0.29) is 0 Å². The summed E-state index contributed by atoms with van der Waals surface area (Å²) < 4.78 is 5.35. The summed E-state index contributed by atoms with van der Waals surface area (Å²) in [6.45, 7) is 4.39. The van der Waals surface area contributed by atoms with E-state index in [4.69, 9.17) is 4.74 Å². The third-order valence-corrected chi connectivity index (χ3v) is 3.62. The van der Waals surface area contributed by atoms with Crippen molar-refractivity contribution in [3.8, 4) is 11.3 Å². The summed E-state index contributed by atoms with van der Waals surface area (Å²) in [5.41, 5.74) is 2.21. The van der Waals surface area contributed by atoms with E-state index in [1.165, 1.54) is 5.56 Å². The first-order valence-electron chi connectivity index (χ1n) is 6.11. The molecule has 4 heteroatoms. The van der Waals surface area contributed by atoms with Crippen LogP contribution in [0.2, 0.25) is 0 Å². The van der Waals surface area contributed by atoms with Gasteiger partial charge in [0.05, 0.1) is 12.3 Å². The largest absolute Gasteiger partial charge is 0.380 e. The van der Waals surface area contributed by atoms with Gasteiger partial charge in [0, 0.05) is 31.1 Å². The van der Waals surface area contributed by atoms with Crippen LogP contribution in [0.4, 0.5) is 5.13 Å². The lowest BCUT2D eigenvalue weighted by Gasteiger charge is -2.14. The van der Waals surface area contributed by atoms with Crippen LogP contribution >= 0.6 is 11.3 Å². The molecular weight excluding hydrogens is 244 g/mol. The average Bonchev–Trinajstić information content (AvgIpc) is 2.89. The van der Waals surface area contributed by atoms with Gasteiger partial charge in [-0.1, -0.05) is 30.3 Å². The topological polar surface area (TPSA) is 25.4 Å². The highest BCUT2D eigenvalue weighted by Crippen LogP contribution is 2.26. The number of benzene rings is 1. The molecule has 0 N–H and O–H groups in total. The fourth-order valence-corrected chi connectivity index (χ4v) is 2.45. The lowest BCUT2D eigenvalue weighted by molar-refractivity contribution is 0.154. The highest BCUT2D eigenvalue weighted by molar-refractivity contribution is 7.14. The molecule has 0 saturated carbocycles. The molecule has 0 fully saturated rings. The fraction of sp³-hybridized carbons (Fsp3) is 0.357. The lowest BCUT2D eigenvalue weighted by Crippen LogP contribution is -2.22. The second kappa shape index (κ2) is 6.52. The number of hydrogen-bond donors (Lipinski definition) is 0. The summed E-state index contributed by atoms with van der Waals surface area (Å²) in [4.78, 5) is 6.78. The van der Waals surface area contributed by atoms with Crippen molar-refractivity contribution in [2.24, 2.45) is 0 Å². The second-order valence-electron chi connectivity index (χ2n) is 4.00. The van der Waals surface area contributed by atoms with Crippen LogP contribution in [0.15, 0.2) is 35.7 Å². The monoisotopic (exact) mass is 262 g/mol. The molecule has 3 nitrogen and oxygen atoms in total. The Morgan fingerprint density at radius 1 is 1.28 bits per heavy atom. The normalized spacial score (nSPS) is 10.6. The Hall–Kier alpha value is -1.39. The maximum absolute atomic E-state index is 5.35. The summed E-state index contributed by atoms with van der Waals surface area (Å²) in [5, 5.41) is 3.13. The van der Waals surface area contributed by atoms with Crippen molar-refractivity contribution < 1.29 is 4.74 Å². The number of nitrogens with zero attached hydrogens (tertiary/aromatic N) is 2. The van der Waals surface area contributed by atoms with E-state index in [1.807, 2.05) is 32.2 Å². The van der Waals surface area contributed by atoms with Gasteiger partial charge >= 0.3 is 0 Å². The van der Waals surface area contributed by atoms with Gasteiger partial charge in [0.2, 0.25) is 0 Å². The van der Waals surface area contributed by atoms with Crippen molar-refractivity contribution >= 4 is 16.5 Å². The molecule has 1 aromatic heterocycles. The molecule has 0 unspecified atom stereocenters. The van der Waals surface area contributed by atoms with Crippen molar-refractivity contribution in [1.29, 1.82) is 0 Å².